The number of nitrogens with one attached hydrogen (secondary N) is 1. The Morgan fingerprint density at radius 3 is 2.89 bits per heavy atom. The smallest absolute Gasteiger partial charge is 0.256 e. The van der Waals surface area contributed by atoms with Crippen LogP contribution in [0.1, 0.15) is 47.7 Å². The lowest BCUT2D eigenvalue weighted by Gasteiger charge is -2.31. The van der Waals surface area contributed by atoms with Crippen LogP contribution in [0, 0.1) is 5.82 Å². The number of amides is 1. The van der Waals surface area contributed by atoms with Crippen molar-refractivity contribution in [2.45, 2.75) is 44.2 Å². The van der Waals surface area contributed by atoms with Crippen molar-refractivity contribution in [1.29, 1.82) is 0 Å². The Morgan fingerprint density at radius 1 is 1.29 bits per heavy atom. The maximum atomic E-state index is 14.2. The number of nitrogens with zero attached hydrogens (tertiary/aromatic N) is 4. The van der Waals surface area contributed by atoms with Gasteiger partial charge in [0.15, 0.2) is 5.65 Å². The Bertz CT molecular complexity index is 1090. The van der Waals surface area contributed by atoms with E-state index >= 15 is 0 Å². The second-order valence-corrected chi connectivity index (χ2v) is 7.92. The summed E-state index contributed by atoms with van der Waals surface area (Å²) >= 11 is 0. The van der Waals surface area contributed by atoms with Gasteiger partial charge in [0.1, 0.15) is 17.2 Å². The highest BCUT2D eigenvalue weighted by Gasteiger charge is 2.50. The van der Waals surface area contributed by atoms with Crippen LogP contribution in [0.4, 0.5) is 10.2 Å². The van der Waals surface area contributed by atoms with Crippen molar-refractivity contribution in [2.24, 2.45) is 0 Å². The number of halogens is 1. The molecule has 2 aliphatic rings. The van der Waals surface area contributed by atoms with E-state index < -0.39 is 0 Å². The molecule has 3 heterocycles. The van der Waals surface area contributed by atoms with Gasteiger partial charge < -0.3 is 10.2 Å². The number of carbonyl (C=O) groups is 1. The summed E-state index contributed by atoms with van der Waals surface area (Å²) in [5, 5.41) is 7.30. The van der Waals surface area contributed by atoms with Crippen molar-refractivity contribution < 1.29 is 9.18 Å². The highest BCUT2D eigenvalue weighted by atomic mass is 19.1. The van der Waals surface area contributed by atoms with Crippen molar-refractivity contribution >= 4 is 17.4 Å². The molecule has 28 heavy (non-hydrogen) atoms. The molecule has 1 amide bonds. The van der Waals surface area contributed by atoms with Crippen LogP contribution in [0.15, 0.2) is 36.7 Å². The van der Waals surface area contributed by atoms with Gasteiger partial charge in [0.25, 0.3) is 5.91 Å². The van der Waals surface area contributed by atoms with E-state index in [0.29, 0.717) is 11.2 Å². The maximum absolute atomic E-state index is 14.2. The molecule has 2 aromatic heterocycles. The Balaban J connectivity index is 1.70. The van der Waals surface area contributed by atoms with E-state index in [1.807, 2.05) is 32.3 Å². The summed E-state index contributed by atoms with van der Waals surface area (Å²) in [5.41, 5.74) is 2.91. The van der Waals surface area contributed by atoms with E-state index in [1.54, 1.807) is 16.8 Å². The number of carbonyl (C=O) groups excluding carboxylic acids is 1. The van der Waals surface area contributed by atoms with Crippen LogP contribution in [0.3, 0.4) is 0 Å². The molecule has 0 unspecified atom stereocenters. The number of rotatable bonds is 0. The van der Waals surface area contributed by atoms with Gasteiger partial charge in [0.05, 0.1) is 11.7 Å². The number of aromatic nitrogens is 3. The zero-order valence-corrected chi connectivity index (χ0v) is 15.9. The lowest BCUT2D eigenvalue weighted by molar-refractivity contribution is 0.0940. The van der Waals surface area contributed by atoms with Gasteiger partial charge in [-0.05, 0) is 61.9 Å². The average Bonchev–Trinajstić information content (AvgIpc) is 3.38. The Hall–Kier alpha value is -2.96. The molecule has 1 atom stereocenters. The predicted molar refractivity (Wildman–Crippen MR) is 104 cm³/mol. The third-order valence-electron chi connectivity index (χ3n) is 6.11. The summed E-state index contributed by atoms with van der Waals surface area (Å²) < 4.78 is 15.8. The minimum Gasteiger partial charge on any atom is -0.350 e. The number of hydrogen-bond acceptors (Lipinski definition) is 4. The highest BCUT2D eigenvalue weighted by Crippen LogP contribution is 2.53. The highest BCUT2D eigenvalue weighted by molar-refractivity contribution is 5.99. The van der Waals surface area contributed by atoms with E-state index in [2.05, 4.69) is 15.3 Å². The first-order valence-corrected chi connectivity index (χ1v) is 9.66. The van der Waals surface area contributed by atoms with Gasteiger partial charge in [0, 0.05) is 19.3 Å². The first kappa shape index (κ1) is 17.2. The van der Waals surface area contributed by atoms with Crippen molar-refractivity contribution in [3.63, 3.8) is 0 Å². The van der Waals surface area contributed by atoms with Crippen molar-refractivity contribution in [1.82, 2.24) is 19.9 Å². The third-order valence-corrected chi connectivity index (χ3v) is 6.11. The van der Waals surface area contributed by atoms with E-state index in [1.165, 1.54) is 6.07 Å². The third kappa shape index (κ3) is 2.57. The van der Waals surface area contributed by atoms with Crippen LogP contribution in [0.25, 0.3) is 5.65 Å². The zero-order valence-electron chi connectivity index (χ0n) is 15.9. The number of benzene rings is 1. The predicted octanol–water partition coefficient (Wildman–Crippen LogP) is 3.06. The molecule has 1 aliphatic heterocycles. The molecule has 1 fully saturated rings. The summed E-state index contributed by atoms with van der Waals surface area (Å²) in [6.07, 6.45) is 6.83. The largest absolute Gasteiger partial charge is 0.350 e. The first-order chi connectivity index (χ1) is 13.5. The summed E-state index contributed by atoms with van der Waals surface area (Å²) in [7, 11) is 2.00. The average molecular weight is 379 g/mol. The summed E-state index contributed by atoms with van der Waals surface area (Å²) in [4.78, 5) is 19.6. The van der Waals surface area contributed by atoms with E-state index in [-0.39, 0.29) is 23.3 Å². The van der Waals surface area contributed by atoms with Crippen LogP contribution >= 0.6 is 0 Å². The molecule has 144 valence electrons. The molecular weight excluding hydrogens is 357 g/mol. The number of aryl methyl sites for hydroxylation is 1. The summed E-state index contributed by atoms with van der Waals surface area (Å²) in [6.45, 7) is 1.99. The second kappa shape index (κ2) is 6.02. The molecule has 0 saturated heterocycles. The fraction of sp³-hybridized carbons (Fsp3) is 0.381. The van der Waals surface area contributed by atoms with Crippen LogP contribution in [-0.2, 0) is 12.0 Å². The quantitative estimate of drug-likeness (QED) is 0.652. The SMILES string of the molecule is C[C@@H]1CCc2ccc(F)cc2C2(CC2)N(C)c2ccn3ncc(c3n2)C(=O)N1. The number of fused-ring (bicyclic) bond motifs is 3. The monoisotopic (exact) mass is 379 g/mol. The molecule has 6 nitrogen and oxygen atoms in total. The fourth-order valence-corrected chi connectivity index (χ4v) is 4.28. The Morgan fingerprint density at radius 2 is 2.11 bits per heavy atom. The van der Waals surface area contributed by atoms with Gasteiger partial charge in [0.2, 0.25) is 0 Å². The molecule has 1 spiro atoms. The molecular formula is C21H22FN5O. The van der Waals surface area contributed by atoms with E-state index in [4.69, 9.17) is 4.98 Å². The van der Waals surface area contributed by atoms with Gasteiger partial charge in [-0.1, -0.05) is 6.07 Å². The van der Waals surface area contributed by atoms with Crippen LogP contribution in [-0.4, -0.2) is 33.6 Å². The standard InChI is InChI=1S/C21H22FN5O/c1-13-3-4-14-5-6-15(22)11-17(14)21(8-9-21)26(2)18-7-10-27-19(25-18)16(12-23-27)20(28)24-13/h5-7,10-13H,3-4,8-9H2,1-2H3,(H,24,28)/t13-/m1/s1. The zero-order chi connectivity index (χ0) is 19.5. The molecule has 1 N–H and O–H groups in total. The van der Waals surface area contributed by atoms with Gasteiger partial charge >= 0.3 is 0 Å². The van der Waals surface area contributed by atoms with Gasteiger partial charge in [-0.2, -0.15) is 5.10 Å². The molecule has 1 aromatic carbocycles. The number of anilines is 1. The van der Waals surface area contributed by atoms with Crippen LogP contribution < -0.4 is 10.2 Å². The van der Waals surface area contributed by atoms with Gasteiger partial charge in [-0.25, -0.2) is 13.9 Å². The molecule has 1 saturated carbocycles. The molecule has 0 radical (unpaired) electrons. The van der Waals surface area contributed by atoms with Crippen molar-refractivity contribution in [2.75, 3.05) is 11.9 Å². The van der Waals surface area contributed by atoms with E-state index in [0.717, 1.165) is 42.6 Å². The first-order valence-electron chi connectivity index (χ1n) is 9.66. The molecule has 5 rings (SSSR count). The van der Waals surface area contributed by atoms with Crippen molar-refractivity contribution in [3.05, 3.63) is 59.2 Å². The normalized spacial score (nSPS) is 21.0. The second-order valence-electron chi connectivity index (χ2n) is 7.92. The molecule has 3 aromatic rings. The van der Waals surface area contributed by atoms with Gasteiger partial charge in [-0.15, -0.1) is 0 Å². The lowest BCUT2D eigenvalue weighted by atomic mass is 9.93. The van der Waals surface area contributed by atoms with Crippen molar-refractivity contribution in [3.8, 4) is 0 Å². The topological polar surface area (TPSA) is 62.5 Å². The fourth-order valence-electron chi connectivity index (χ4n) is 4.28. The maximum Gasteiger partial charge on any atom is 0.256 e. The molecule has 7 heteroatoms. The molecule has 2 bridgehead atoms. The molecule has 1 aliphatic carbocycles. The lowest BCUT2D eigenvalue weighted by Crippen LogP contribution is -2.33. The van der Waals surface area contributed by atoms with Gasteiger partial charge in [-0.3, -0.25) is 4.79 Å². The van der Waals surface area contributed by atoms with Crippen LogP contribution in [0.2, 0.25) is 0 Å². The Kier molecular flexibility index (Phi) is 3.69. The number of hydrogen-bond donors (Lipinski definition) is 1. The Labute approximate surface area is 162 Å². The minimum atomic E-state index is -0.252. The summed E-state index contributed by atoms with van der Waals surface area (Å²) in [5.74, 6) is 0.363. The summed E-state index contributed by atoms with van der Waals surface area (Å²) in [6, 6.07) is 6.96. The van der Waals surface area contributed by atoms with E-state index in [9.17, 15) is 9.18 Å². The van der Waals surface area contributed by atoms with Crippen LogP contribution in [0.5, 0.6) is 0 Å². The minimum absolute atomic E-state index is 0.0165.